The Balaban J connectivity index is 1.17. The number of ketones is 1. The number of carbonyl (C=O) groups is 2. The van der Waals surface area contributed by atoms with Crippen molar-refractivity contribution < 1.29 is 34.4 Å². The van der Waals surface area contributed by atoms with Crippen LogP contribution in [0.4, 0.5) is 0 Å². The van der Waals surface area contributed by atoms with Crippen LogP contribution >= 0.6 is 0 Å². The molecule has 1 aromatic heterocycles. The van der Waals surface area contributed by atoms with Crippen molar-refractivity contribution in [2.45, 2.75) is 95.5 Å². The van der Waals surface area contributed by atoms with Gasteiger partial charge in [-0.25, -0.2) is 9.59 Å². The third kappa shape index (κ3) is 4.81. The predicted molar refractivity (Wildman–Crippen MR) is 157 cm³/mol. The number of aromatic amines is 1. The predicted octanol–water partition coefficient (Wildman–Crippen LogP) is 1.73. The van der Waals surface area contributed by atoms with Gasteiger partial charge in [0.15, 0.2) is 11.9 Å². The average molecular weight is 626 g/mol. The third-order valence-corrected chi connectivity index (χ3v) is 11.6. The Morgan fingerprint density at radius 1 is 1.31 bits per heavy atom. The molecule has 11 atom stereocenters. The summed E-state index contributed by atoms with van der Waals surface area (Å²) in [4.78, 5) is 54.6. The zero-order valence-corrected chi connectivity index (χ0v) is 25.5. The van der Waals surface area contributed by atoms with E-state index < -0.39 is 70.8 Å². The number of hydrogen-bond donors (Lipinski definition) is 4. The van der Waals surface area contributed by atoms with Crippen molar-refractivity contribution in [3.63, 3.8) is 0 Å². The number of allylic oxidation sites excluding steroid dienone is 4. The Kier molecular flexibility index (Phi) is 7.72. The topological polar surface area (TPSA) is 217 Å². The minimum absolute atomic E-state index is 0.00406. The summed E-state index contributed by atoms with van der Waals surface area (Å²) in [7, 11) is 0. The highest BCUT2D eigenvalue weighted by Gasteiger charge is 2.69. The number of fused-ring (bicyclic) bond motifs is 5. The van der Waals surface area contributed by atoms with Gasteiger partial charge < -0.3 is 24.8 Å². The van der Waals surface area contributed by atoms with Crippen LogP contribution in [0.3, 0.4) is 0 Å². The van der Waals surface area contributed by atoms with Crippen LogP contribution in [0.15, 0.2) is 44.7 Å². The second-order valence-electron chi connectivity index (χ2n) is 13.8. The van der Waals surface area contributed by atoms with Crippen LogP contribution in [0.5, 0.6) is 0 Å². The summed E-state index contributed by atoms with van der Waals surface area (Å²) in [5.41, 5.74) is 5.75. The first-order chi connectivity index (χ1) is 21.2. The van der Waals surface area contributed by atoms with Crippen molar-refractivity contribution in [3.8, 4) is 0 Å². The van der Waals surface area contributed by atoms with Crippen molar-refractivity contribution in [3.05, 3.63) is 66.8 Å². The number of hydrogen-bond acceptors (Lipinski definition) is 10. The standard InChI is InChI=1S/C31H39N5O9/c1-15-13-36(28(42)33-26(15)40)23-11-20(34-35-32)22(45-23)14-44-27(41)25(39)31(43)9-7-19-18-5-4-16-10-17(37)6-8-29(16,2)24(18)21(38)12-30(19,31)3/h6,8,10,13,18-25,38-39,43H,4-5,7,9,11-12,14H2,1-3H3,(H,33,40,42)/t18-,19-,20?,21-,22?,23?,24+,25?,29-,30-,31-/m0/s1. The number of carbonyl (C=O) groups excluding carboxylic acids is 2. The molecule has 242 valence electrons. The lowest BCUT2D eigenvalue weighted by Gasteiger charge is -2.60. The van der Waals surface area contributed by atoms with Gasteiger partial charge >= 0.3 is 11.7 Å². The lowest BCUT2D eigenvalue weighted by Crippen LogP contribution is -2.63. The van der Waals surface area contributed by atoms with Gasteiger partial charge in [0, 0.05) is 39.8 Å². The smallest absolute Gasteiger partial charge is 0.338 e. The summed E-state index contributed by atoms with van der Waals surface area (Å²) < 4.78 is 12.5. The van der Waals surface area contributed by atoms with E-state index in [4.69, 9.17) is 15.0 Å². The highest BCUT2D eigenvalue weighted by molar-refractivity contribution is 6.01. The first-order valence-corrected chi connectivity index (χ1v) is 15.4. The van der Waals surface area contributed by atoms with E-state index in [-0.39, 0.29) is 48.4 Å². The zero-order valence-electron chi connectivity index (χ0n) is 25.5. The molecule has 45 heavy (non-hydrogen) atoms. The molecule has 4 unspecified atom stereocenters. The molecule has 1 aromatic rings. The molecule has 2 heterocycles. The van der Waals surface area contributed by atoms with Gasteiger partial charge in [0.1, 0.15) is 24.5 Å². The van der Waals surface area contributed by atoms with Crippen LogP contribution in [0.2, 0.25) is 0 Å². The number of nitrogens with zero attached hydrogens (tertiary/aromatic N) is 4. The first-order valence-electron chi connectivity index (χ1n) is 15.4. The molecule has 0 aromatic carbocycles. The molecule has 0 spiro atoms. The van der Waals surface area contributed by atoms with Crippen LogP contribution in [0, 0.1) is 35.5 Å². The van der Waals surface area contributed by atoms with Gasteiger partial charge in [0.2, 0.25) is 0 Å². The fourth-order valence-corrected chi connectivity index (χ4v) is 9.27. The molecular weight excluding hydrogens is 586 g/mol. The molecule has 3 saturated carbocycles. The maximum atomic E-state index is 13.3. The first kappa shape index (κ1) is 31.4. The Hall–Kier alpha value is -3.55. The quantitative estimate of drug-likeness (QED) is 0.156. The van der Waals surface area contributed by atoms with Gasteiger partial charge in [-0.15, -0.1) is 0 Å². The normalized spacial score (nSPS) is 40.9. The molecule has 1 saturated heterocycles. The third-order valence-electron chi connectivity index (χ3n) is 11.6. The fourth-order valence-electron chi connectivity index (χ4n) is 9.27. The van der Waals surface area contributed by atoms with Gasteiger partial charge in [-0.1, -0.05) is 30.6 Å². The summed E-state index contributed by atoms with van der Waals surface area (Å²) >= 11 is 0. The molecular formula is C31H39N5O9. The second kappa shape index (κ2) is 11.1. The number of azide groups is 1. The average Bonchev–Trinajstić information content (AvgIpc) is 3.51. The van der Waals surface area contributed by atoms with Crippen molar-refractivity contribution in [2.24, 2.45) is 33.7 Å². The van der Waals surface area contributed by atoms with E-state index >= 15 is 0 Å². The molecule has 14 nitrogen and oxygen atoms in total. The monoisotopic (exact) mass is 625 g/mol. The van der Waals surface area contributed by atoms with E-state index in [1.54, 1.807) is 12.2 Å². The van der Waals surface area contributed by atoms with Crippen LogP contribution in [-0.2, 0) is 19.1 Å². The summed E-state index contributed by atoms with van der Waals surface area (Å²) in [6.45, 7) is 4.97. The lowest BCUT2D eigenvalue weighted by molar-refractivity contribution is -0.211. The maximum absolute atomic E-state index is 13.3. The molecule has 14 heteroatoms. The maximum Gasteiger partial charge on any atom is 0.338 e. The number of nitrogens with one attached hydrogen (secondary N) is 1. The Bertz CT molecular complexity index is 1640. The molecule has 4 N–H and O–H groups in total. The van der Waals surface area contributed by atoms with Gasteiger partial charge in [0.25, 0.3) is 5.56 Å². The fraction of sp³-hybridized carbons (Fsp3) is 0.677. The van der Waals surface area contributed by atoms with Gasteiger partial charge in [-0.2, -0.15) is 0 Å². The number of aliphatic hydroxyl groups excluding tert-OH is 2. The molecule has 6 rings (SSSR count). The van der Waals surface area contributed by atoms with E-state index in [0.29, 0.717) is 12.8 Å². The largest absolute Gasteiger partial charge is 0.461 e. The number of esters is 1. The Morgan fingerprint density at radius 3 is 2.80 bits per heavy atom. The molecule has 1 aliphatic heterocycles. The summed E-state index contributed by atoms with van der Waals surface area (Å²) in [5.74, 6) is -1.39. The Morgan fingerprint density at radius 2 is 2.07 bits per heavy atom. The molecule has 4 fully saturated rings. The van der Waals surface area contributed by atoms with Crippen LogP contribution < -0.4 is 11.2 Å². The number of aryl methyl sites for hydroxylation is 1. The zero-order chi connectivity index (χ0) is 32.5. The van der Waals surface area contributed by atoms with E-state index in [1.807, 2.05) is 19.9 Å². The Labute approximate surface area is 258 Å². The molecule has 0 radical (unpaired) electrons. The van der Waals surface area contributed by atoms with Crippen LogP contribution in [-0.4, -0.2) is 73.2 Å². The lowest BCUT2D eigenvalue weighted by atomic mass is 9.46. The van der Waals surface area contributed by atoms with E-state index in [9.17, 15) is 34.5 Å². The molecule has 4 aliphatic carbocycles. The van der Waals surface area contributed by atoms with Crippen molar-refractivity contribution in [1.29, 1.82) is 0 Å². The van der Waals surface area contributed by atoms with E-state index in [0.717, 1.165) is 12.0 Å². The van der Waals surface area contributed by atoms with Gasteiger partial charge in [-0.3, -0.25) is 19.1 Å². The SMILES string of the molecule is Cc1cn(C2CC(N=[N+]=[N-])C(COC(=O)C(O)[C@@]3(O)CC[C@H]4[C@@H]5CCC6=CC(=O)C=C[C@]6(C)[C@H]5[C@@H](O)C[C@@]43C)O2)c(=O)[nH]c1=O. The van der Waals surface area contributed by atoms with E-state index in [1.165, 1.54) is 17.7 Å². The second-order valence-corrected chi connectivity index (χ2v) is 13.8. The van der Waals surface area contributed by atoms with Crippen LogP contribution in [0.25, 0.3) is 10.4 Å². The van der Waals surface area contributed by atoms with Crippen molar-refractivity contribution in [2.75, 3.05) is 6.61 Å². The highest BCUT2D eigenvalue weighted by atomic mass is 16.6. The number of ether oxygens (including phenoxy) is 2. The number of H-pyrrole nitrogens is 1. The van der Waals surface area contributed by atoms with Crippen molar-refractivity contribution in [1.82, 2.24) is 9.55 Å². The number of aromatic nitrogens is 2. The highest BCUT2D eigenvalue weighted by Crippen LogP contribution is 2.67. The number of rotatable bonds is 6. The molecule has 0 amide bonds. The minimum atomic E-state index is -1.92. The summed E-state index contributed by atoms with van der Waals surface area (Å²) in [6, 6.07) is -0.818. The van der Waals surface area contributed by atoms with E-state index in [2.05, 4.69) is 15.0 Å². The van der Waals surface area contributed by atoms with Gasteiger partial charge in [0.05, 0.1) is 12.1 Å². The van der Waals surface area contributed by atoms with Gasteiger partial charge in [-0.05, 0) is 68.5 Å². The summed E-state index contributed by atoms with van der Waals surface area (Å²) in [5, 5.41) is 38.7. The molecule has 0 bridgehead atoms. The number of aliphatic hydroxyl groups is 3. The van der Waals surface area contributed by atoms with Crippen molar-refractivity contribution >= 4 is 11.8 Å². The summed E-state index contributed by atoms with van der Waals surface area (Å²) in [6.07, 6.45) is 4.15. The molecule has 5 aliphatic rings. The van der Waals surface area contributed by atoms with Crippen LogP contribution in [0.1, 0.15) is 64.2 Å². The minimum Gasteiger partial charge on any atom is -0.461 e.